The maximum Gasteiger partial charge on any atom is 0.123 e. The van der Waals surface area contributed by atoms with Gasteiger partial charge < -0.3 is 9.47 Å². The molecule has 0 saturated carbocycles. The summed E-state index contributed by atoms with van der Waals surface area (Å²) in [4.78, 5) is 0. The third-order valence-corrected chi connectivity index (χ3v) is 3.24. The molecule has 1 aliphatic carbocycles. The van der Waals surface area contributed by atoms with Crippen molar-refractivity contribution >= 4 is 5.57 Å². The van der Waals surface area contributed by atoms with Crippen molar-refractivity contribution in [2.45, 2.75) is 20.3 Å². The number of hydrogen-bond acceptors (Lipinski definition) is 2. The molecule has 0 heterocycles. The molecule has 17 heavy (non-hydrogen) atoms. The van der Waals surface area contributed by atoms with Gasteiger partial charge in [-0.3, -0.25) is 0 Å². The number of allylic oxidation sites excluding steroid dienone is 4. The van der Waals surface area contributed by atoms with Crippen LogP contribution in [0.5, 0.6) is 11.5 Å². The summed E-state index contributed by atoms with van der Waals surface area (Å²) in [5, 5.41) is 0. The predicted molar refractivity (Wildman–Crippen MR) is 70.5 cm³/mol. The summed E-state index contributed by atoms with van der Waals surface area (Å²) < 4.78 is 10.6. The molecule has 0 fully saturated rings. The van der Waals surface area contributed by atoms with Crippen molar-refractivity contribution in [3.8, 4) is 11.5 Å². The van der Waals surface area contributed by atoms with Gasteiger partial charge in [0.25, 0.3) is 0 Å². The summed E-state index contributed by atoms with van der Waals surface area (Å²) in [6, 6.07) is 6.01. The van der Waals surface area contributed by atoms with Crippen LogP contribution in [0, 0.1) is 0 Å². The van der Waals surface area contributed by atoms with Crippen LogP contribution in [0.3, 0.4) is 0 Å². The van der Waals surface area contributed by atoms with Crippen LogP contribution >= 0.6 is 0 Å². The molecule has 1 aliphatic rings. The number of hydrogen-bond donors (Lipinski definition) is 0. The molecule has 0 atom stereocenters. The second-order valence-electron chi connectivity index (χ2n) is 4.41. The van der Waals surface area contributed by atoms with E-state index in [1.807, 2.05) is 6.07 Å². The molecular weight excluding hydrogens is 212 g/mol. The molecule has 0 N–H and O–H groups in total. The van der Waals surface area contributed by atoms with Crippen LogP contribution in [0.2, 0.25) is 0 Å². The molecule has 0 spiro atoms. The van der Waals surface area contributed by atoms with Gasteiger partial charge in [0, 0.05) is 6.07 Å². The molecule has 2 rings (SSSR count). The van der Waals surface area contributed by atoms with Crippen LogP contribution in [0.4, 0.5) is 0 Å². The maximum atomic E-state index is 5.29. The first-order valence-corrected chi connectivity index (χ1v) is 5.74. The number of ether oxygens (including phenoxy) is 2. The standard InChI is InChI=1S/C15H18O2/c1-10-5-12(6-11(10)2)13-7-14(16-3)9-15(8-13)17-4/h5,7-9H,6H2,1-4H3. The third kappa shape index (κ3) is 2.36. The Morgan fingerprint density at radius 2 is 1.53 bits per heavy atom. The van der Waals surface area contributed by atoms with Gasteiger partial charge in [-0.1, -0.05) is 17.2 Å². The monoisotopic (exact) mass is 230 g/mol. The highest BCUT2D eigenvalue weighted by molar-refractivity contribution is 5.75. The zero-order valence-corrected chi connectivity index (χ0v) is 10.8. The van der Waals surface area contributed by atoms with E-state index in [1.54, 1.807) is 14.2 Å². The smallest absolute Gasteiger partial charge is 0.123 e. The number of methoxy groups -OCH3 is 2. The van der Waals surface area contributed by atoms with Gasteiger partial charge in [0.05, 0.1) is 14.2 Å². The van der Waals surface area contributed by atoms with E-state index in [0.29, 0.717) is 0 Å². The number of benzene rings is 1. The summed E-state index contributed by atoms with van der Waals surface area (Å²) in [5.74, 6) is 1.67. The fourth-order valence-corrected chi connectivity index (χ4v) is 2.04. The summed E-state index contributed by atoms with van der Waals surface area (Å²) in [7, 11) is 3.35. The van der Waals surface area contributed by atoms with Crippen LogP contribution in [-0.2, 0) is 0 Å². The normalized spacial score (nSPS) is 14.9. The molecule has 0 bridgehead atoms. The van der Waals surface area contributed by atoms with E-state index < -0.39 is 0 Å². The lowest BCUT2D eigenvalue weighted by atomic mass is 10.0. The van der Waals surface area contributed by atoms with Crippen molar-refractivity contribution in [1.29, 1.82) is 0 Å². The van der Waals surface area contributed by atoms with Gasteiger partial charge in [0.1, 0.15) is 11.5 Å². The summed E-state index contributed by atoms with van der Waals surface area (Å²) >= 11 is 0. The molecular formula is C15H18O2. The average Bonchev–Trinajstić information content (AvgIpc) is 2.69. The van der Waals surface area contributed by atoms with Gasteiger partial charge in [-0.05, 0) is 43.5 Å². The molecule has 0 saturated heterocycles. The lowest BCUT2D eigenvalue weighted by molar-refractivity contribution is 0.394. The van der Waals surface area contributed by atoms with Gasteiger partial charge in [0.15, 0.2) is 0 Å². The second-order valence-corrected chi connectivity index (χ2v) is 4.41. The van der Waals surface area contributed by atoms with Gasteiger partial charge in [-0.25, -0.2) is 0 Å². The van der Waals surface area contributed by atoms with Crippen LogP contribution in [0.15, 0.2) is 35.4 Å². The second kappa shape index (κ2) is 4.66. The number of rotatable bonds is 3. The van der Waals surface area contributed by atoms with E-state index in [4.69, 9.17) is 9.47 Å². The Labute approximate surface area is 103 Å². The molecule has 0 aromatic heterocycles. The Hall–Kier alpha value is -1.70. The van der Waals surface area contributed by atoms with Gasteiger partial charge in [-0.2, -0.15) is 0 Å². The lowest BCUT2D eigenvalue weighted by Crippen LogP contribution is -1.90. The SMILES string of the molecule is COc1cc(OC)cc(C2=CC(C)=C(C)C2)c1. The zero-order chi connectivity index (χ0) is 12.4. The average molecular weight is 230 g/mol. The molecule has 0 radical (unpaired) electrons. The molecule has 2 nitrogen and oxygen atoms in total. The summed E-state index contributed by atoms with van der Waals surface area (Å²) in [6.45, 7) is 4.33. The first kappa shape index (κ1) is 11.8. The Balaban J connectivity index is 2.37. The Kier molecular flexibility index (Phi) is 3.23. The van der Waals surface area contributed by atoms with Crippen molar-refractivity contribution in [1.82, 2.24) is 0 Å². The minimum absolute atomic E-state index is 0.836. The summed E-state index contributed by atoms with van der Waals surface area (Å²) in [5.41, 5.74) is 5.30. The van der Waals surface area contributed by atoms with E-state index in [1.165, 1.54) is 22.3 Å². The fraction of sp³-hybridized carbons (Fsp3) is 0.333. The molecule has 90 valence electrons. The van der Waals surface area contributed by atoms with Crippen molar-refractivity contribution in [2.24, 2.45) is 0 Å². The lowest BCUT2D eigenvalue weighted by Gasteiger charge is -2.09. The van der Waals surface area contributed by atoms with Gasteiger partial charge >= 0.3 is 0 Å². The first-order chi connectivity index (χ1) is 8.13. The molecule has 1 aromatic rings. The molecule has 2 heteroatoms. The van der Waals surface area contributed by atoms with Crippen LogP contribution in [0.1, 0.15) is 25.8 Å². The Bertz CT molecular complexity index is 473. The van der Waals surface area contributed by atoms with E-state index in [9.17, 15) is 0 Å². The van der Waals surface area contributed by atoms with E-state index >= 15 is 0 Å². The largest absolute Gasteiger partial charge is 0.497 e. The third-order valence-electron chi connectivity index (χ3n) is 3.24. The Morgan fingerprint density at radius 1 is 0.941 bits per heavy atom. The highest BCUT2D eigenvalue weighted by Gasteiger charge is 2.13. The quantitative estimate of drug-likeness (QED) is 0.785. The van der Waals surface area contributed by atoms with Crippen LogP contribution in [-0.4, -0.2) is 14.2 Å². The van der Waals surface area contributed by atoms with Crippen LogP contribution in [0.25, 0.3) is 5.57 Å². The maximum absolute atomic E-state index is 5.29. The first-order valence-electron chi connectivity index (χ1n) is 5.74. The molecule has 0 amide bonds. The molecule has 1 aromatic carbocycles. The van der Waals surface area contributed by atoms with Gasteiger partial charge in [-0.15, -0.1) is 0 Å². The Morgan fingerprint density at radius 3 is 1.94 bits per heavy atom. The van der Waals surface area contributed by atoms with Crippen molar-refractivity contribution in [2.75, 3.05) is 14.2 Å². The molecule has 0 aliphatic heterocycles. The van der Waals surface area contributed by atoms with Crippen molar-refractivity contribution < 1.29 is 9.47 Å². The van der Waals surface area contributed by atoms with Gasteiger partial charge in [0.2, 0.25) is 0 Å². The minimum atomic E-state index is 0.836. The highest BCUT2D eigenvalue weighted by Crippen LogP contribution is 2.35. The van der Waals surface area contributed by atoms with Crippen molar-refractivity contribution in [3.05, 3.63) is 41.0 Å². The topological polar surface area (TPSA) is 18.5 Å². The zero-order valence-electron chi connectivity index (χ0n) is 10.8. The summed E-state index contributed by atoms with van der Waals surface area (Å²) in [6.07, 6.45) is 3.26. The molecule has 0 unspecified atom stereocenters. The van der Waals surface area contributed by atoms with E-state index in [0.717, 1.165) is 17.9 Å². The fourth-order valence-electron chi connectivity index (χ4n) is 2.04. The van der Waals surface area contributed by atoms with Crippen LogP contribution < -0.4 is 9.47 Å². The van der Waals surface area contributed by atoms with Crippen molar-refractivity contribution in [3.63, 3.8) is 0 Å². The minimum Gasteiger partial charge on any atom is -0.497 e. The van der Waals surface area contributed by atoms with E-state index in [-0.39, 0.29) is 0 Å². The predicted octanol–water partition coefficient (Wildman–Crippen LogP) is 3.83. The van der Waals surface area contributed by atoms with E-state index in [2.05, 4.69) is 32.1 Å². The highest BCUT2D eigenvalue weighted by atomic mass is 16.5.